The Morgan fingerprint density at radius 3 is 2.33 bits per heavy atom. The van der Waals surface area contributed by atoms with Crippen molar-refractivity contribution in [1.82, 2.24) is 4.90 Å². The van der Waals surface area contributed by atoms with Gasteiger partial charge in [0.2, 0.25) is 0 Å². The Labute approximate surface area is 74.5 Å². The average molecular weight is 172 g/mol. The van der Waals surface area contributed by atoms with Crippen molar-refractivity contribution in [2.24, 2.45) is 5.73 Å². The van der Waals surface area contributed by atoms with Crippen LogP contribution in [0.5, 0.6) is 0 Å². The van der Waals surface area contributed by atoms with Crippen molar-refractivity contribution in [2.75, 3.05) is 20.6 Å². The van der Waals surface area contributed by atoms with Gasteiger partial charge in [-0.1, -0.05) is 0 Å². The second-order valence-corrected chi connectivity index (χ2v) is 4.30. The molecule has 1 aliphatic carbocycles. The Kier molecular flexibility index (Phi) is 3.09. The third-order valence-electron chi connectivity index (χ3n) is 2.57. The second-order valence-electron chi connectivity index (χ2n) is 4.30. The van der Waals surface area contributed by atoms with Gasteiger partial charge < -0.3 is 15.7 Å². The van der Waals surface area contributed by atoms with Crippen molar-refractivity contribution in [3.05, 3.63) is 0 Å². The van der Waals surface area contributed by atoms with Crippen LogP contribution in [0.2, 0.25) is 0 Å². The molecule has 1 saturated carbocycles. The van der Waals surface area contributed by atoms with Crippen molar-refractivity contribution in [3.8, 4) is 0 Å². The molecule has 1 fully saturated rings. The fourth-order valence-electron chi connectivity index (χ4n) is 1.92. The Balaban J connectivity index is 2.39. The molecule has 0 amide bonds. The maximum Gasteiger partial charge on any atom is 0.0775 e. The predicted octanol–water partition coefficient (Wildman–Crippen LogP) is 0.180. The Morgan fingerprint density at radius 2 is 1.92 bits per heavy atom. The van der Waals surface area contributed by atoms with Gasteiger partial charge in [-0.25, -0.2) is 0 Å². The molecule has 3 nitrogen and oxygen atoms in total. The van der Waals surface area contributed by atoms with Crippen molar-refractivity contribution in [2.45, 2.75) is 37.3 Å². The minimum absolute atomic E-state index is 0.312. The summed E-state index contributed by atoms with van der Waals surface area (Å²) in [6, 6.07) is 0.312. The van der Waals surface area contributed by atoms with Gasteiger partial charge >= 0.3 is 0 Å². The normalized spacial score (nSPS) is 37.2. The molecule has 0 spiro atoms. The molecule has 0 aromatic rings. The zero-order valence-corrected chi connectivity index (χ0v) is 8.08. The van der Waals surface area contributed by atoms with Gasteiger partial charge in [0.15, 0.2) is 0 Å². The molecule has 0 heterocycles. The van der Waals surface area contributed by atoms with E-state index in [-0.39, 0.29) is 0 Å². The lowest BCUT2D eigenvalue weighted by Gasteiger charge is -2.36. The first-order chi connectivity index (χ1) is 5.52. The molecule has 0 aromatic heterocycles. The minimum Gasteiger partial charge on any atom is -0.389 e. The SMILES string of the molecule is CN(C)C[C@]1(O)CC[C@@H](N)CC1. The fraction of sp³-hybridized carbons (Fsp3) is 1.00. The fourth-order valence-corrected chi connectivity index (χ4v) is 1.92. The maximum absolute atomic E-state index is 10.1. The summed E-state index contributed by atoms with van der Waals surface area (Å²) in [6.07, 6.45) is 3.63. The van der Waals surface area contributed by atoms with E-state index in [9.17, 15) is 5.11 Å². The second kappa shape index (κ2) is 3.73. The molecule has 72 valence electrons. The summed E-state index contributed by atoms with van der Waals surface area (Å²) in [4.78, 5) is 2.04. The van der Waals surface area contributed by atoms with Gasteiger partial charge in [-0.15, -0.1) is 0 Å². The lowest BCUT2D eigenvalue weighted by Crippen LogP contribution is -2.45. The van der Waals surface area contributed by atoms with Crippen molar-refractivity contribution < 1.29 is 5.11 Å². The summed E-state index contributed by atoms with van der Waals surface area (Å²) in [7, 11) is 3.99. The summed E-state index contributed by atoms with van der Waals surface area (Å²) in [5, 5.41) is 10.1. The van der Waals surface area contributed by atoms with Crippen LogP contribution in [-0.2, 0) is 0 Å². The van der Waals surface area contributed by atoms with Crippen molar-refractivity contribution in [3.63, 3.8) is 0 Å². The largest absolute Gasteiger partial charge is 0.389 e. The first-order valence-corrected chi connectivity index (χ1v) is 4.64. The van der Waals surface area contributed by atoms with E-state index in [4.69, 9.17) is 5.73 Å². The number of aliphatic hydroxyl groups is 1. The molecule has 0 saturated heterocycles. The topological polar surface area (TPSA) is 49.5 Å². The molecule has 0 aliphatic heterocycles. The van der Waals surface area contributed by atoms with E-state index in [1.165, 1.54) is 0 Å². The van der Waals surface area contributed by atoms with Crippen LogP contribution in [0.4, 0.5) is 0 Å². The van der Waals surface area contributed by atoms with Gasteiger partial charge in [0.1, 0.15) is 0 Å². The smallest absolute Gasteiger partial charge is 0.0775 e. The number of nitrogens with two attached hydrogens (primary N) is 1. The van der Waals surface area contributed by atoms with Crippen LogP contribution in [0.25, 0.3) is 0 Å². The summed E-state index contributed by atoms with van der Waals surface area (Å²) < 4.78 is 0. The Hall–Kier alpha value is -0.120. The molecular formula is C9H20N2O. The first-order valence-electron chi connectivity index (χ1n) is 4.64. The van der Waals surface area contributed by atoms with E-state index >= 15 is 0 Å². The third kappa shape index (κ3) is 2.73. The molecule has 3 N–H and O–H groups in total. The van der Waals surface area contributed by atoms with E-state index in [1.807, 2.05) is 19.0 Å². The molecule has 0 bridgehead atoms. The summed E-state index contributed by atoms with van der Waals surface area (Å²) >= 11 is 0. The van der Waals surface area contributed by atoms with E-state index in [0.717, 1.165) is 32.2 Å². The Bertz CT molecular complexity index is 139. The number of rotatable bonds is 2. The number of nitrogens with zero attached hydrogens (tertiary/aromatic N) is 1. The van der Waals surface area contributed by atoms with Gasteiger partial charge in [-0.05, 0) is 39.8 Å². The zero-order valence-electron chi connectivity index (χ0n) is 8.08. The predicted molar refractivity (Wildman–Crippen MR) is 49.9 cm³/mol. The third-order valence-corrected chi connectivity index (χ3v) is 2.57. The van der Waals surface area contributed by atoms with Gasteiger partial charge in [0.05, 0.1) is 5.60 Å². The van der Waals surface area contributed by atoms with E-state index < -0.39 is 5.60 Å². The molecule has 3 heteroatoms. The molecule has 0 unspecified atom stereocenters. The lowest BCUT2D eigenvalue weighted by molar-refractivity contribution is -0.0197. The summed E-state index contributed by atoms with van der Waals surface area (Å²) in [5.74, 6) is 0. The molecule has 0 aromatic carbocycles. The minimum atomic E-state index is -0.473. The van der Waals surface area contributed by atoms with Crippen LogP contribution in [0.1, 0.15) is 25.7 Å². The summed E-state index contributed by atoms with van der Waals surface area (Å²) in [6.45, 7) is 0.764. The van der Waals surface area contributed by atoms with Crippen LogP contribution in [-0.4, -0.2) is 42.3 Å². The highest BCUT2D eigenvalue weighted by Crippen LogP contribution is 2.27. The van der Waals surface area contributed by atoms with Gasteiger partial charge in [-0.2, -0.15) is 0 Å². The van der Waals surface area contributed by atoms with Crippen LogP contribution in [0.3, 0.4) is 0 Å². The Morgan fingerprint density at radius 1 is 1.42 bits per heavy atom. The highest BCUT2D eigenvalue weighted by Gasteiger charge is 2.32. The van der Waals surface area contributed by atoms with Crippen molar-refractivity contribution in [1.29, 1.82) is 0 Å². The van der Waals surface area contributed by atoms with Crippen LogP contribution in [0.15, 0.2) is 0 Å². The monoisotopic (exact) mass is 172 g/mol. The van der Waals surface area contributed by atoms with E-state index in [1.54, 1.807) is 0 Å². The maximum atomic E-state index is 10.1. The van der Waals surface area contributed by atoms with Gasteiger partial charge in [0.25, 0.3) is 0 Å². The molecule has 1 rings (SSSR count). The number of hydrogen-bond donors (Lipinski definition) is 2. The van der Waals surface area contributed by atoms with Crippen LogP contribution >= 0.6 is 0 Å². The highest BCUT2D eigenvalue weighted by atomic mass is 16.3. The average Bonchev–Trinajstić information content (AvgIpc) is 1.94. The van der Waals surface area contributed by atoms with E-state index in [0.29, 0.717) is 6.04 Å². The number of likely N-dealkylation sites (N-methyl/N-ethyl adjacent to an activating group) is 1. The molecule has 12 heavy (non-hydrogen) atoms. The highest BCUT2D eigenvalue weighted by molar-refractivity contribution is 4.88. The van der Waals surface area contributed by atoms with Crippen molar-refractivity contribution >= 4 is 0 Å². The quantitative estimate of drug-likeness (QED) is 0.625. The zero-order chi connectivity index (χ0) is 9.19. The molecular weight excluding hydrogens is 152 g/mol. The van der Waals surface area contributed by atoms with Gasteiger partial charge in [0, 0.05) is 12.6 Å². The lowest BCUT2D eigenvalue weighted by atomic mass is 9.82. The van der Waals surface area contributed by atoms with E-state index in [2.05, 4.69) is 0 Å². The van der Waals surface area contributed by atoms with Gasteiger partial charge in [-0.3, -0.25) is 0 Å². The molecule has 1 aliphatic rings. The standard InChI is InChI=1S/C9H20N2O/c1-11(2)7-9(12)5-3-8(10)4-6-9/h8,12H,3-7,10H2,1-2H3/t8-,9+. The molecule has 0 atom stereocenters. The number of hydrogen-bond acceptors (Lipinski definition) is 3. The summed E-state index contributed by atoms with van der Waals surface area (Å²) in [5.41, 5.74) is 5.29. The first kappa shape index (κ1) is 9.96. The van der Waals surface area contributed by atoms with Crippen LogP contribution in [0, 0.1) is 0 Å². The molecule has 0 radical (unpaired) electrons. The van der Waals surface area contributed by atoms with Crippen LogP contribution < -0.4 is 5.73 Å².